The second kappa shape index (κ2) is 7.13. The van der Waals surface area contributed by atoms with Crippen molar-refractivity contribution in [1.29, 1.82) is 0 Å². The van der Waals surface area contributed by atoms with Gasteiger partial charge in [-0.3, -0.25) is 4.79 Å². The summed E-state index contributed by atoms with van der Waals surface area (Å²) in [6, 6.07) is 5.83. The first-order chi connectivity index (χ1) is 10.1. The first-order valence-corrected chi connectivity index (χ1v) is 8.27. The van der Waals surface area contributed by atoms with Crippen LogP contribution < -0.4 is 5.56 Å². The number of hydrogen-bond donors (Lipinski definition) is 0. The molecule has 0 aliphatic carbocycles. The van der Waals surface area contributed by atoms with Gasteiger partial charge in [0.25, 0.3) is 5.56 Å². The molecular weight excluding hydrogens is 282 g/mol. The van der Waals surface area contributed by atoms with E-state index in [4.69, 9.17) is 11.6 Å². The van der Waals surface area contributed by atoms with Gasteiger partial charge in [-0.25, -0.2) is 0 Å². The van der Waals surface area contributed by atoms with Crippen molar-refractivity contribution >= 4 is 22.5 Å². The number of unbranched alkanes of at least 4 members (excludes halogenated alkanes) is 2. The summed E-state index contributed by atoms with van der Waals surface area (Å²) in [5.74, 6) is 0. The van der Waals surface area contributed by atoms with E-state index in [9.17, 15) is 4.79 Å². The van der Waals surface area contributed by atoms with Gasteiger partial charge in [-0.15, -0.1) is 0 Å². The van der Waals surface area contributed by atoms with Crippen molar-refractivity contribution in [1.82, 2.24) is 4.57 Å². The third-order valence-corrected chi connectivity index (χ3v) is 4.37. The molecule has 2 rings (SSSR count). The fourth-order valence-corrected chi connectivity index (χ4v) is 3.07. The number of benzene rings is 1. The van der Waals surface area contributed by atoms with Crippen LogP contribution in [0.1, 0.15) is 50.7 Å². The molecule has 0 saturated carbocycles. The second-order valence-corrected chi connectivity index (χ2v) is 6.13. The Morgan fingerprint density at radius 2 is 1.67 bits per heavy atom. The average Bonchev–Trinajstić information content (AvgIpc) is 2.48. The average molecular weight is 306 g/mol. The minimum Gasteiger partial charge on any atom is -0.311 e. The highest BCUT2D eigenvalue weighted by Crippen LogP contribution is 2.25. The Labute approximate surface area is 131 Å². The van der Waals surface area contributed by atoms with E-state index in [0.29, 0.717) is 0 Å². The van der Waals surface area contributed by atoms with E-state index in [2.05, 4.69) is 13.8 Å². The summed E-state index contributed by atoms with van der Waals surface area (Å²) in [6.07, 6.45) is 6.22. The minimum absolute atomic E-state index is 0.157. The highest BCUT2D eigenvalue weighted by molar-refractivity contribution is 6.31. The van der Waals surface area contributed by atoms with E-state index < -0.39 is 0 Å². The molecule has 21 heavy (non-hydrogen) atoms. The Morgan fingerprint density at radius 1 is 1.05 bits per heavy atom. The number of rotatable bonds is 6. The molecular formula is C18H24ClNO. The van der Waals surface area contributed by atoms with Crippen LogP contribution >= 0.6 is 11.6 Å². The van der Waals surface area contributed by atoms with Gasteiger partial charge in [-0.2, -0.15) is 0 Å². The van der Waals surface area contributed by atoms with Crippen LogP contribution in [0.4, 0.5) is 0 Å². The quantitative estimate of drug-likeness (QED) is 0.745. The maximum absolute atomic E-state index is 12.7. The summed E-state index contributed by atoms with van der Waals surface area (Å²) in [5, 5.41) is 1.88. The monoisotopic (exact) mass is 305 g/mol. The van der Waals surface area contributed by atoms with Crippen molar-refractivity contribution in [3.63, 3.8) is 0 Å². The first kappa shape index (κ1) is 16.1. The maximum Gasteiger partial charge on any atom is 0.254 e. The molecule has 0 saturated heterocycles. The molecule has 0 unspecified atom stereocenters. The van der Waals surface area contributed by atoms with Crippen LogP contribution in [0.3, 0.4) is 0 Å². The van der Waals surface area contributed by atoms with Crippen LogP contribution in [-0.2, 0) is 19.9 Å². The lowest BCUT2D eigenvalue weighted by Gasteiger charge is -2.16. The summed E-state index contributed by atoms with van der Waals surface area (Å²) in [7, 11) is 1.86. The molecule has 0 atom stereocenters. The largest absolute Gasteiger partial charge is 0.311 e. The zero-order chi connectivity index (χ0) is 15.4. The smallest absolute Gasteiger partial charge is 0.254 e. The van der Waals surface area contributed by atoms with Gasteiger partial charge in [0.1, 0.15) is 0 Å². The predicted molar refractivity (Wildman–Crippen MR) is 91.4 cm³/mol. The molecule has 1 aromatic carbocycles. The topological polar surface area (TPSA) is 22.0 Å². The molecule has 114 valence electrons. The molecule has 2 nitrogen and oxygen atoms in total. The highest BCUT2D eigenvalue weighted by Gasteiger charge is 2.14. The van der Waals surface area contributed by atoms with E-state index >= 15 is 0 Å². The van der Waals surface area contributed by atoms with Crippen molar-refractivity contribution < 1.29 is 0 Å². The Balaban J connectivity index is 2.72. The van der Waals surface area contributed by atoms with Gasteiger partial charge in [0.05, 0.1) is 5.52 Å². The molecule has 0 amide bonds. The van der Waals surface area contributed by atoms with Crippen LogP contribution in [0.25, 0.3) is 10.9 Å². The van der Waals surface area contributed by atoms with Crippen LogP contribution in [0.2, 0.25) is 5.02 Å². The van der Waals surface area contributed by atoms with E-state index in [1.54, 1.807) is 4.57 Å². The Bertz CT molecular complexity index is 688. The highest BCUT2D eigenvalue weighted by atomic mass is 35.5. The van der Waals surface area contributed by atoms with Gasteiger partial charge in [-0.05, 0) is 49.4 Å². The molecule has 1 aromatic heterocycles. The molecule has 3 heteroatoms. The van der Waals surface area contributed by atoms with Crippen molar-refractivity contribution in [3.8, 4) is 0 Å². The van der Waals surface area contributed by atoms with E-state index in [0.717, 1.165) is 60.0 Å². The summed E-state index contributed by atoms with van der Waals surface area (Å²) >= 11 is 6.19. The first-order valence-electron chi connectivity index (χ1n) is 7.90. The summed E-state index contributed by atoms with van der Waals surface area (Å²) in [4.78, 5) is 12.7. The molecule has 0 fully saturated rings. The Morgan fingerprint density at radius 3 is 2.29 bits per heavy atom. The summed E-state index contributed by atoms with van der Waals surface area (Å²) in [6.45, 7) is 4.34. The summed E-state index contributed by atoms with van der Waals surface area (Å²) < 4.78 is 1.77. The lowest BCUT2D eigenvalue weighted by molar-refractivity contribution is 0.740. The lowest BCUT2D eigenvalue weighted by atomic mass is 9.95. The van der Waals surface area contributed by atoms with Gasteiger partial charge >= 0.3 is 0 Å². The fraction of sp³-hybridized carbons (Fsp3) is 0.500. The van der Waals surface area contributed by atoms with Crippen molar-refractivity contribution in [2.24, 2.45) is 7.05 Å². The third-order valence-electron chi connectivity index (χ3n) is 4.13. The van der Waals surface area contributed by atoms with Crippen LogP contribution in [0.15, 0.2) is 23.0 Å². The van der Waals surface area contributed by atoms with Crippen molar-refractivity contribution in [3.05, 3.63) is 44.7 Å². The second-order valence-electron chi connectivity index (χ2n) is 5.69. The van der Waals surface area contributed by atoms with E-state index in [-0.39, 0.29) is 5.56 Å². The van der Waals surface area contributed by atoms with Gasteiger partial charge in [0.15, 0.2) is 0 Å². The van der Waals surface area contributed by atoms with Crippen molar-refractivity contribution in [2.45, 2.75) is 52.4 Å². The van der Waals surface area contributed by atoms with E-state index in [1.807, 2.05) is 25.2 Å². The number of pyridine rings is 1. The minimum atomic E-state index is 0.157. The van der Waals surface area contributed by atoms with Gasteiger partial charge in [-0.1, -0.05) is 38.3 Å². The number of fused-ring (bicyclic) bond motifs is 1. The number of aryl methyl sites for hydroxylation is 2. The maximum atomic E-state index is 12.7. The van der Waals surface area contributed by atoms with Gasteiger partial charge < -0.3 is 4.57 Å². The standard InChI is InChI=1S/C18H24ClNO/c1-4-6-8-14-15(9-7-5-2)18(21)20(3)17-11-10-13(19)12-16(14)17/h10-12H,4-9H2,1-3H3. The van der Waals surface area contributed by atoms with Crippen LogP contribution in [0, 0.1) is 0 Å². The summed E-state index contributed by atoms with van der Waals surface area (Å²) in [5.41, 5.74) is 3.34. The molecule has 0 radical (unpaired) electrons. The molecule has 0 N–H and O–H groups in total. The third kappa shape index (κ3) is 3.32. The number of nitrogens with zero attached hydrogens (tertiary/aromatic N) is 1. The molecule has 0 spiro atoms. The zero-order valence-electron chi connectivity index (χ0n) is 13.2. The van der Waals surface area contributed by atoms with Gasteiger partial charge in [0.2, 0.25) is 0 Å². The number of halogens is 1. The molecule has 2 aromatic rings. The van der Waals surface area contributed by atoms with E-state index in [1.165, 1.54) is 5.56 Å². The lowest BCUT2D eigenvalue weighted by Crippen LogP contribution is -2.24. The fourth-order valence-electron chi connectivity index (χ4n) is 2.90. The van der Waals surface area contributed by atoms with Gasteiger partial charge in [0, 0.05) is 23.0 Å². The predicted octanol–water partition coefficient (Wildman–Crippen LogP) is 4.88. The van der Waals surface area contributed by atoms with Crippen molar-refractivity contribution in [2.75, 3.05) is 0 Å². The molecule has 0 bridgehead atoms. The Hall–Kier alpha value is -1.28. The van der Waals surface area contributed by atoms with Crippen LogP contribution in [0.5, 0.6) is 0 Å². The molecule has 0 aliphatic heterocycles. The normalized spacial score (nSPS) is 11.2. The molecule has 1 heterocycles. The molecule has 0 aliphatic rings. The Kier molecular flexibility index (Phi) is 5.46. The number of hydrogen-bond acceptors (Lipinski definition) is 1. The van der Waals surface area contributed by atoms with Crippen LogP contribution in [-0.4, -0.2) is 4.57 Å². The zero-order valence-corrected chi connectivity index (χ0v) is 14.0. The number of aromatic nitrogens is 1. The SMILES string of the molecule is CCCCc1c(CCCC)c2cc(Cl)ccc2n(C)c1=O.